The molecule has 1 heterocycles. The summed E-state index contributed by atoms with van der Waals surface area (Å²) in [5, 5.41) is 2.22. The van der Waals surface area contributed by atoms with Gasteiger partial charge in [0.15, 0.2) is 0 Å². The Balaban J connectivity index is 2.29. The molecule has 0 nitrogen and oxygen atoms in total. The fraction of sp³-hybridized carbons (Fsp3) is 0.800. The van der Waals surface area contributed by atoms with Crippen molar-refractivity contribution in [3.63, 3.8) is 0 Å². The Morgan fingerprint density at radius 1 is 0.864 bits per heavy atom. The van der Waals surface area contributed by atoms with Gasteiger partial charge in [0.05, 0.1) is 3.79 Å². The summed E-state index contributed by atoms with van der Waals surface area (Å²) in [4.78, 5) is 0. The zero-order valence-corrected chi connectivity index (χ0v) is 17.1. The van der Waals surface area contributed by atoms with E-state index >= 15 is 0 Å². The summed E-state index contributed by atoms with van der Waals surface area (Å²) < 4.78 is 1.36. The van der Waals surface area contributed by atoms with Crippen molar-refractivity contribution in [2.24, 2.45) is 5.92 Å². The maximum absolute atomic E-state index is 3.72. The molecule has 0 aliphatic carbocycles. The van der Waals surface area contributed by atoms with Gasteiger partial charge in [-0.15, -0.1) is 11.3 Å². The predicted molar refractivity (Wildman–Crippen MR) is 106 cm³/mol. The van der Waals surface area contributed by atoms with E-state index in [0.717, 1.165) is 5.92 Å². The van der Waals surface area contributed by atoms with Gasteiger partial charge in [-0.25, -0.2) is 0 Å². The van der Waals surface area contributed by atoms with E-state index < -0.39 is 0 Å². The lowest BCUT2D eigenvalue weighted by Crippen LogP contribution is -2.05. The highest BCUT2D eigenvalue weighted by Gasteiger charge is 2.12. The lowest BCUT2D eigenvalue weighted by Gasteiger charge is -2.17. The van der Waals surface area contributed by atoms with Crippen molar-refractivity contribution in [3.8, 4) is 0 Å². The van der Waals surface area contributed by atoms with Gasteiger partial charge in [-0.1, -0.05) is 90.9 Å². The molecular formula is C20H35BrS. The fourth-order valence-corrected chi connectivity index (χ4v) is 4.47. The standard InChI is InChI=1S/C20H35BrS/c1-3-5-7-9-10-12-14-18(13-11-8-6-4-2)17-19-15-16-22-20(19)21/h15-16,18H,3-14,17H2,1-2H3/t18-/m1/s1. The molecule has 1 rings (SSSR count). The first-order valence-electron chi connectivity index (χ1n) is 9.49. The second kappa shape index (κ2) is 13.6. The Morgan fingerprint density at radius 2 is 1.41 bits per heavy atom. The van der Waals surface area contributed by atoms with E-state index in [1.54, 1.807) is 0 Å². The Labute approximate surface area is 151 Å². The van der Waals surface area contributed by atoms with Crippen LogP contribution in [0.1, 0.15) is 96.5 Å². The van der Waals surface area contributed by atoms with Crippen LogP contribution in [0.25, 0.3) is 0 Å². The van der Waals surface area contributed by atoms with Crippen LogP contribution in [-0.4, -0.2) is 0 Å². The van der Waals surface area contributed by atoms with E-state index in [2.05, 4.69) is 41.2 Å². The molecule has 128 valence electrons. The van der Waals surface area contributed by atoms with Gasteiger partial charge in [0.2, 0.25) is 0 Å². The summed E-state index contributed by atoms with van der Waals surface area (Å²) >= 11 is 5.55. The largest absolute Gasteiger partial charge is 0.137 e. The van der Waals surface area contributed by atoms with Crippen molar-refractivity contribution in [1.29, 1.82) is 0 Å². The maximum Gasteiger partial charge on any atom is 0.0730 e. The van der Waals surface area contributed by atoms with Crippen LogP contribution in [0.15, 0.2) is 15.2 Å². The number of halogens is 1. The Hall–Kier alpha value is 0.180. The SMILES string of the molecule is CCCCCCCC[C@@H](CCCCCC)Cc1ccsc1Br. The smallest absolute Gasteiger partial charge is 0.0730 e. The van der Waals surface area contributed by atoms with Gasteiger partial charge in [0.1, 0.15) is 0 Å². The second-order valence-corrected chi connectivity index (χ2v) is 8.93. The quantitative estimate of drug-likeness (QED) is 0.281. The molecule has 0 radical (unpaired) electrons. The highest BCUT2D eigenvalue weighted by Crippen LogP contribution is 2.29. The van der Waals surface area contributed by atoms with Crippen molar-refractivity contribution in [2.45, 2.75) is 97.3 Å². The van der Waals surface area contributed by atoms with E-state index in [4.69, 9.17) is 0 Å². The predicted octanol–water partition coefficient (Wildman–Crippen LogP) is 8.39. The Morgan fingerprint density at radius 3 is 1.95 bits per heavy atom. The average molecular weight is 387 g/mol. The van der Waals surface area contributed by atoms with Crippen LogP contribution in [0.5, 0.6) is 0 Å². The van der Waals surface area contributed by atoms with Gasteiger partial charge < -0.3 is 0 Å². The number of hydrogen-bond donors (Lipinski definition) is 0. The van der Waals surface area contributed by atoms with Crippen LogP contribution in [0.2, 0.25) is 0 Å². The van der Waals surface area contributed by atoms with Gasteiger partial charge in [-0.05, 0) is 45.3 Å². The van der Waals surface area contributed by atoms with Crippen molar-refractivity contribution < 1.29 is 0 Å². The Kier molecular flexibility index (Phi) is 12.5. The van der Waals surface area contributed by atoms with Crippen molar-refractivity contribution in [2.75, 3.05) is 0 Å². The first kappa shape index (κ1) is 20.2. The highest BCUT2D eigenvalue weighted by atomic mass is 79.9. The summed E-state index contributed by atoms with van der Waals surface area (Å²) in [5.41, 5.74) is 1.54. The van der Waals surface area contributed by atoms with Crippen molar-refractivity contribution >= 4 is 27.3 Å². The minimum Gasteiger partial charge on any atom is -0.137 e. The molecule has 0 saturated carbocycles. The molecule has 0 bridgehead atoms. The molecule has 0 fully saturated rings. The molecule has 0 spiro atoms. The molecule has 22 heavy (non-hydrogen) atoms. The first-order valence-corrected chi connectivity index (χ1v) is 11.2. The number of rotatable bonds is 14. The zero-order valence-electron chi connectivity index (χ0n) is 14.7. The van der Waals surface area contributed by atoms with Crippen LogP contribution >= 0.6 is 27.3 Å². The summed E-state index contributed by atoms with van der Waals surface area (Å²) in [6, 6.07) is 2.31. The minimum atomic E-state index is 0.897. The van der Waals surface area contributed by atoms with E-state index in [-0.39, 0.29) is 0 Å². The summed E-state index contributed by atoms with van der Waals surface area (Å²) in [6.45, 7) is 4.60. The van der Waals surface area contributed by atoms with Crippen molar-refractivity contribution in [3.05, 3.63) is 20.8 Å². The summed E-state index contributed by atoms with van der Waals surface area (Å²) in [7, 11) is 0. The Bertz CT molecular complexity index is 358. The molecule has 1 aromatic rings. The molecule has 1 aromatic heterocycles. The second-order valence-electron chi connectivity index (χ2n) is 6.70. The lowest BCUT2D eigenvalue weighted by atomic mass is 9.89. The van der Waals surface area contributed by atoms with Crippen LogP contribution < -0.4 is 0 Å². The monoisotopic (exact) mass is 386 g/mol. The van der Waals surface area contributed by atoms with Crippen LogP contribution in [0.4, 0.5) is 0 Å². The molecule has 0 amide bonds. The topological polar surface area (TPSA) is 0 Å². The summed E-state index contributed by atoms with van der Waals surface area (Å²) in [6.07, 6.45) is 18.3. The third-order valence-corrected chi connectivity index (χ3v) is 6.44. The highest BCUT2D eigenvalue weighted by molar-refractivity contribution is 9.11. The molecule has 0 aromatic carbocycles. The van der Waals surface area contributed by atoms with Crippen LogP contribution in [-0.2, 0) is 6.42 Å². The van der Waals surface area contributed by atoms with Gasteiger partial charge >= 0.3 is 0 Å². The zero-order chi connectivity index (χ0) is 16.0. The van der Waals surface area contributed by atoms with Crippen LogP contribution in [0, 0.1) is 5.92 Å². The number of thiophene rings is 1. The van der Waals surface area contributed by atoms with E-state index in [1.807, 2.05) is 11.3 Å². The molecule has 0 aliphatic heterocycles. The van der Waals surface area contributed by atoms with Gasteiger partial charge in [0.25, 0.3) is 0 Å². The molecular weight excluding hydrogens is 352 g/mol. The maximum atomic E-state index is 3.72. The van der Waals surface area contributed by atoms with Gasteiger partial charge in [-0.2, -0.15) is 0 Å². The van der Waals surface area contributed by atoms with Gasteiger partial charge in [0, 0.05) is 0 Å². The van der Waals surface area contributed by atoms with Gasteiger partial charge in [-0.3, -0.25) is 0 Å². The van der Waals surface area contributed by atoms with E-state index in [0.29, 0.717) is 0 Å². The van der Waals surface area contributed by atoms with Crippen molar-refractivity contribution in [1.82, 2.24) is 0 Å². The number of hydrogen-bond acceptors (Lipinski definition) is 1. The molecule has 0 aliphatic rings. The van der Waals surface area contributed by atoms with E-state index in [1.165, 1.54) is 92.8 Å². The molecule has 0 unspecified atom stereocenters. The third-order valence-electron chi connectivity index (χ3n) is 4.63. The van der Waals surface area contributed by atoms with E-state index in [9.17, 15) is 0 Å². The van der Waals surface area contributed by atoms with Crippen LogP contribution in [0.3, 0.4) is 0 Å². The first-order chi connectivity index (χ1) is 10.8. The lowest BCUT2D eigenvalue weighted by molar-refractivity contribution is 0.402. The molecule has 0 N–H and O–H groups in total. The minimum absolute atomic E-state index is 0.897. The third kappa shape index (κ3) is 9.35. The molecule has 1 atom stereocenters. The molecule has 0 saturated heterocycles. The normalized spacial score (nSPS) is 12.7. The fourth-order valence-electron chi connectivity index (χ4n) is 3.20. The molecule has 2 heteroatoms. The summed E-state index contributed by atoms with van der Waals surface area (Å²) in [5.74, 6) is 0.897. The average Bonchev–Trinajstić information content (AvgIpc) is 2.92. The number of unbranched alkanes of at least 4 members (excludes halogenated alkanes) is 8.